The number of hydrogen-bond acceptors (Lipinski definition) is 2. The highest BCUT2D eigenvalue weighted by Crippen LogP contribution is 2.33. The van der Waals surface area contributed by atoms with Crippen LogP contribution in [0.15, 0.2) is 0 Å². The molecule has 0 aromatic rings. The lowest BCUT2D eigenvalue weighted by atomic mass is 9.80. The van der Waals surface area contributed by atoms with Crippen LogP contribution >= 0.6 is 12.2 Å². The number of hydrogen-bond donors (Lipinski definition) is 0. The second-order valence-electron chi connectivity index (χ2n) is 3.87. The van der Waals surface area contributed by atoms with Crippen molar-refractivity contribution in [2.24, 2.45) is 11.3 Å². The molecule has 0 spiro atoms. The first-order chi connectivity index (χ1) is 4.52. The zero-order valence-electron chi connectivity index (χ0n) is 6.81. The van der Waals surface area contributed by atoms with Gasteiger partial charge < -0.3 is 4.74 Å². The van der Waals surface area contributed by atoms with Crippen molar-refractivity contribution in [3.05, 3.63) is 0 Å². The first-order valence-corrected chi connectivity index (χ1v) is 4.09. The molecule has 0 bridgehead atoms. The van der Waals surface area contributed by atoms with Crippen molar-refractivity contribution in [3.8, 4) is 0 Å². The van der Waals surface area contributed by atoms with E-state index in [1.54, 1.807) is 0 Å². The second kappa shape index (κ2) is 2.50. The normalized spacial score (nSPS) is 26.7. The third-order valence-electron chi connectivity index (χ3n) is 1.98. The molecule has 1 nitrogen and oxygen atoms in total. The topological polar surface area (TPSA) is 9.23 Å². The Morgan fingerprint density at radius 2 is 2.10 bits per heavy atom. The molecule has 1 fully saturated rings. The summed E-state index contributed by atoms with van der Waals surface area (Å²) in [6.45, 7) is 7.44. The molecule has 0 amide bonds. The van der Waals surface area contributed by atoms with Gasteiger partial charge in [-0.15, -0.1) is 0 Å². The molecular formula is C8H14OS. The summed E-state index contributed by atoms with van der Waals surface area (Å²) in [4.78, 5) is 0. The molecule has 1 heterocycles. The fraction of sp³-hybridized carbons (Fsp3) is 0.875. The molecule has 10 heavy (non-hydrogen) atoms. The summed E-state index contributed by atoms with van der Waals surface area (Å²) in [5, 5.41) is 0.813. The highest BCUT2D eigenvalue weighted by atomic mass is 32.1. The molecule has 1 aliphatic heterocycles. The Hall–Kier alpha value is -0.110. The average Bonchev–Trinajstić information content (AvgIpc) is 2.11. The number of thiocarbonyl (C=S) groups is 1. The zero-order valence-corrected chi connectivity index (χ0v) is 7.62. The van der Waals surface area contributed by atoms with Gasteiger partial charge in [-0.3, -0.25) is 0 Å². The van der Waals surface area contributed by atoms with Gasteiger partial charge >= 0.3 is 0 Å². The van der Waals surface area contributed by atoms with Gasteiger partial charge in [-0.05, 0) is 24.1 Å². The van der Waals surface area contributed by atoms with E-state index < -0.39 is 0 Å². The summed E-state index contributed by atoms with van der Waals surface area (Å²) in [5.41, 5.74) is 0.285. The fourth-order valence-corrected chi connectivity index (χ4v) is 1.84. The van der Waals surface area contributed by atoms with E-state index in [-0.39, 0.29) is 5.41 Å². The van der Waals surface area contributed by atoms with Crippen LogP contribution in [0.1, 0.15) is 27.2 Å². The van der Waals surface area contributed by atoms with E-state index in [4.69, 9.17) is 17.0 Å². The van der Waals surface area contributed by atoms with Gasteiger partial charge in [0.05, 0.1) is 6.61 Å². The molecule has 0 N–H and O–H groups in total. The SMILES string of the molecule is CC(C)(C)C1CCOC1=S. The van der Waals surface area contributed by atoms with E-state index in [0.29, 0.717) is 5.92 Å². The average molecular weight is 158 g/mol. The van der Waals surface area contributed by atoms with Crippen molar-refractivity contribution >= 4 is 17.3 Å². The predicted molar refractivity (Wildman–Crippen MR) is 46.1 cm³/mol. The van der Waals surface area contributed by atoms with Crippen LogP contribution in [0, 0.1) is 11.3 Å². The Bertz CT molecular complexity index is 146. The van der Waals surface area contributed by atoms with E-state index in [1.165, 1.54) is 0 Å². The van der Waals surface area contributed by atoms with Crippen molar-refractivity contribution in [2.75, 3.05) is 6.61 Å². The molecule has 0 aromatic heterocycles. The van der Waals surface area contributed by atoms with Crippen molar-refractivity contribution in [2.45, 2.75) is 27.2 Å². The van der Waals surface area contributed by atoms with Crippen molar-refractivity contribution in [3.63, 3.8) is 0 Å². The maximum absolute atomic E-state index is 5.22. The first kappa shape index (κ1) is 7.99. The molecule has 0 radical (unpaired) electrons. The maximum Gasteiger partial charge on any atom is 0.163 e. The van der Waals surface area contributed by atoms with Gasteiger partial charge in [0.25, 0.3) is 0 Å². The fourth-order valence-electron chi connectivity index (χ4n) is 1.28. The summed E-state index contributed by atoms with van der Waals surface area (Å²) in [6, 6.07) is 0. The molecule has 1 saturated heterocycles. The smallest absolute Gasteiger partial charge is 0.163 e. The minimum Gasteiger partial charge on any atom is -0.487 e. The molecule has 1 rings (SSSR count). The van der Waals surface area contributed by atoms with Crippen molar-refractivity contribution < 1.29 is 4.74 Å². The minimum absolute atomic E-state index is 0.285. The lowest BCUT2D eigenvalue weighted by Crippen LogP contribution is -2.23. The van der Waals surface area contributed by atoms with Crippen molar-refractivity contribution in [1.82, 2.24) is 0 Å². The largest absolute Gasteiger partial charge is 0.487 e. The quantitative estimate of drug-likeness (QED) is 0.501. The van der Waals surface area contributed by atoms with Gasteiger partial charge in [0.1, 0.15) is 0 Å². The van der Waals surface area contributed by atoms with Gasteiger partial charge in [-0.1, -0.05) is 20.8 Å². The van der Waals surface area contributed by atoms with Gasteiger partial charge in [-0.2, -0.15) is 0 Å². The van der Waals surface area contributed by atoms with Gasteiger partial charge in [0, 0.05) is 5.92 Å². The summed E-state index contributed by atoms with van der Waals surface area (Å²) in [7, 11) is 0. The van der Waals surface area contributed by atoms with Crippen LogP contribution in [0.3, 0.4) is 0 Å². The van der Waals surface area contributed by atoms with Crippen molar-refractivity contribution in [1.29, 1.82) is 0 Å². The monoisotopic (exact) mass is 158 g/mol. The third-order valence-corrected chi connectivity index (χ3v) is 2.38. The molecule has 0 aliphatic carbocycles. The zero-order chi connectivity index (χ0) is 7.78. The Morgan fingerprint density at radius 1 is 1.50 bits per heavy atom. The number of rotatable bonds is 0. The van der Waals surface area contributed by atoms with Crippen LogP contribution in [0.5, 0.6) is 0 Å². The van der Waals surface area contributed by atoms with Gasteiger partial charge in [-0.25, -0.2) is 0 Å². The van der Waals surface area contributed by atoms with Crippen LogP contribution in [0.2, 0.25) is 0 Å². The Kier molecular flexibility index (Phi) is 1.99. The Morgan fingerprint density at radius 3 is 2.30 bits per heavy atom. The second-order valence-corrected chi connectivity index (χ2v) is 4.28. The van der Waals surface area contributed by atoms with Crippen LogP contribution in [0.4, 0.5) is 0 Å². The van der Waals surface area contributed by atoms with E-state index in [1.807, 2.05) is 0 Å². The van der Waals surface area contributed by atoms with Crippen LogP contribution in [0.25, 0.3) is 0 Å². The van der Waals surface area contributed by atoms with Crippen LogP contribution in [-0.4, -0.2) is 11.7 Å². The molecule has 1 atom stereocenters. The Balaban J connectivity index is 2.64. The van der Waals surface area contributed by atoms with Crippen LogP contribution < -0.4 is 0 Å². The summed E-state index contributed by atoms with van der Waals surface area (Å²) >= 11 is 5.07. The maximum atomic E-state index is 5.22. The van der Waals surface area contributed by atoms with E-state index in [0.717, 1.165) is 18.1 Å². The van der Waals surface area contributed by atoms with E-state index >= 15 is 0 Å². The molecule has 2 heteroatoms. The lowest BCUT2D eigenvalue weighted by molar-refractivity contribution is 0.315. The van der Waals surface area contributed by atoms with Crippen LogP contribution in [-0.2, 0) is 4.74 Å². The molecule has 1 unspecified atom stereocenters. The van der Waals surface area contributed by atoms with Gasteiger partial charge in [0.15, 0.2) is 5.05 Å². The number of ether oxygens (including phenoxy) is 1. The first-order valence-electron chi connectivity index (χ1n) is 3.68. The summed E-state index contributed by atoms with van der Waals surface area (Å²) in [6.07, 6.45) is 1.10. The summed E-state index contributed by atoms with van der Waals surface area (Å²) < 4.78 is 5.22. The third kappa shape index (κ3) is 1.48. The van der Waals surface area contributed by atoms with E-state index in [9.17, 15) is 0 Å². The highest BCUT2D eigenvalue weighted by Gasteiger charge is 2.33. The lowest BCUT2D eigenvalue weighted by Gasteiger charge is -2.24. The van der Waals surface area contributed by atoms with E-state index in [2.05, 4.69) is 20.8 Å². The van der Waals surface area contributed by atoms with Gasteiger partial charge in [0.2, 0.25) is 0 Å². The standard InChI is InChI=1S/C8H14OS/c1-8(2,3)6-4-5-9-7(6)10/h6H,4-5H2,1-3H3. The summed E-state index contributed by atoms with van der Waals surface area (Å²) in [5.74, 6) is 0.488. The molecule has 58 valence electrons. The minimum atomic E-state index is 0.285. The highest BCUT2D eigenvalue weighted by molar-refractivity contribution is 7.80. The predicted octanol–water partition coefficient (Wildman–Crippen LogP) is 2.40. The molecule has 0 saturated carbocycles. The molecule has 1 aliphatic rings. The molecule has 0 aromatic carbocycles. The molecular weight excluding hydrogens is 144 g/mol. The Labute approximate surface area is 67.8 Å².